The van der Waals surface area contributed by atoms with E-state index in [1.165, 1.54) is 0 Å². The standard InChI is InChI=1S/C15H15N3O/c1-15(2)11-5-3-9(7-12(11)18-14(15)19)10-4-6-13(16)17-8-10/h3-8H,1-2H3,(H2,16,17)(H,18,19). The van der Waals surface area contributed by atoms with Crippen molar-refractivity contribution in [2.45, 2.75) is 19.3 Å². The van der Waals surface area contributed by atoms with Gasteiger partial charge in [-0.3, -0.25) is 4.79 Å². The van der Waals surface area contributed by atoms with Crippen molar-refractivity contribution in [3.05, 3.63) is 42.1 Å². The van der Waals surface area contributed by atoms with Crippen molar-refractivity contribution in [3.63, 3.8) is 0 Å². The smallest absolute Gasteiger partial charge is 0.234 e. The molecule has 19 heavy (non-hydrogen) atoms. The minimum Gasteiger partial charge on any atom is -0.384 e. The molecule has 0 spiro atoms. The second-order valence-electron chi connectivity index (χ2n) is 5.31. The number of carbonyl (C=O) groups excluding carboxylic acids is 1. The molecule has 0 bridgehead atoms. The summed E-state index contributed by atoms with van der Waals surface area (Å²) in [7, 11) is 0. The number of nitrogens with two attached hydrogens (primary N) is 1. The number of aromatic nitrogens is 1. The van der Waals surface area contributed by atoms with Crippen LogP contribution < -0.4 is 11.1 Å². The fourth-order valence-electron chi connectivity index (χ4n) is 2.35. The van der Waals surface area contributed by atoms with E-state index >= 15 is 0 Å². The predicted molar refractivity (Wildman–Crippen MR) is 75.7 cm³/mol. The third-order valence-electron chi connectivity index (χ3n) is 3.63. The number of carbonyl (C=O) groups is 1. The van der Waals surface area contributed by atoms with Crippen LogP contribution in [0.3, 0.4) is 0 Å². The van der Waals surface area contributed by atoms with Crippen LogP contribution in [0.1, 0.15) is 19.4 Å². The maximum atomic E-state index is 11.9. The number of fused-ring (bicyclic) bond motifs is 1. The van der Waals surface area contributed by atoms with Gasteiger partial charge in [0.1, 0.15) is 5.82 Å². The van der Waals surface area contributed by atoms with Crippen LogP contribution in [0.15, 0.2) is 36.5 Å². The van der Waals surface area contributed by atoms with Crippen molar-refractivity contribution < 1.29 is 4.79 Å². The van der Waals surface area contributed by atoms with Gasteiger partial charge in [0.05, 0.1) is 5.41 Å². The van der Waals surface area contributed by atoms with Gasteiger partial charge < -0.3 is 11.1 Å². The molecule has 0 radical (unpaired) electrons. The second-order valence-corrected chi connectivity index (χ2v) is 5.31. The zero-order chi connectivity index (χ0) is 13.6. The van der Waals surface area contributed by atoms with Crippen molar-refractivity contribution >= 4 is 17.4 Å². The average molecular weight is 253 g/mol. The first-order valence-electron chi connectivity index (χ1n) is 6.16. The first kappa shape index (κ1) is 11.7. The molecule has 0 saturated heterocycles. The number of nitrogens with one attached hydrogen (secondary N) is 1. The summed E-state index contributed by atoms with van der Waals surface area (Å²) < 4.78 is 0. The van der Waals surface area contributed by atoms with Crippen LogP contribution in [0.4, 0.5) is 11.5 Å². The summed E-state index contributed by atoms with van der Waals surface area (Å²) in [6.45, 7) is 3.86. The molecule has 0 aliphatic carbocycles. The monoisotopic (exact) mass is 253 g/mol. The molecule has 2 heterocycles. The van der Waals surface area contributed by atoms with Gasteiger partial charge in [0.2, 0.25) is 5.91 Å². The summed E-state index contributed by atoms with van der Waals surface area (Å²) in [6.07, 6.45) is 1.74. The van der Waals surface area contributed by atoms with Crippen molar-refractivity contribution in [2.24, 2.45) is 0 Å². The highest BCUT2D eigenvalue weighted by atomic mass is 16.2. The molecule has 2 aromatic rings. The lowest BCUT2D eigenvalue weighted by Gasteiger charge is -2.15. The predicted octanol–water partition coefficient (Wildman–Crippen LogP) is 2.56. The lowest BCUT2D eigenvalue weighted by molar-refractivity contribution is -0.119. The Hall–Kier alpha value is -2.36. The second kappa shape index (κ2) is 3.82. The summed E-state index contributed by atoms with van der Waals surface area (Å²) in [5, 5.41) is 2.93. The number of nitrogens with zero attached hydrogens (tertiary/aromatic N) is 1. The number of hydrogen-bond acceptors (Lipinski definition) is 3. The third kappa shape index (κ3) is 1.76. The van der Waals surface area contributed by atoms with E-state index in [1.54, 1.807) is 12.3 Å². The van der Waals surface area contributed by atoms with Gasteiger partial charge in [-0.1, -0.05) is 12.1 Å². The van der Waals surface area contributed by atoms with Crippen LogP contribution in [-0.4, -0.2) is 10.9 Å². The normalized spacial score (nSPS) is 16.0. The Morgan fingerprint density at radius 2 is 1.89 bits per heavy atom. The molecular weight excluding hydrogens is 238 g/mol. The topological polar surface area (TPSA) is 68.0 Å². The summed E-state index contributed by atoms with van der Waals surface area (Å²) in [5.74, 6) is 0.537. The number of nitrogen functional groups attached to an aromatic ring is 1. The van der Waals surface area contributed by atoms with E-state index < -0.39 is 5.41 Å². The molecule has 1 amide bonds. The van der Waals surface area contributed by atoms with Crippen molar-refractivity contribution in [1.82, 2.24) is 4.98 Å². The lowest BCUT2D eigenvalue weighted by Crippen LogP contribution is -2.26. The van der Waals surface area contributed by atoms with Gasteiger partial charge in [-0.2, -0.15) is 0 Å². The van der Waals surface area contributed by atoms with Crippen LogP contribution in [0, 0.1) is 0 Å². The Kier molecular flexibility index (Phi) is 2.35. The van der Waals surface area contributed by atoms with Crippen LogP contribution in [-0.2, 0) is 10.2 Å². The third-order valence-corrected chi connectivity index (χ3v) is 3.63. The maximum absolute atomic E-state index is 11.9. The highest BCUT2D eigenvalue weighted by molar-refractivity contribution is 6.06. The molecule has 1 aliphatic rings. The summed E-state index contributed by atoms with van der Waals surface area (Å²) in [5.41, 5.74) is 9.03. The maximum Gasteiger partial charge on any atom is 0.234 e. The lowest BCUT2D eigenvalue weighted by atomic mass is 9.85. The molecule has 4 heteroatoms. The Morgan fingerprint density at radius 1 is 1.16 bits per heavy atom. The number of benzene rings is 1. The van der Waals surface area contributed by atoms with Gasteiger partial charge >= 0.3 is 0 Å². The average Bonchev–Trinajstić information content (AvgIpc) is 2.61. The Balaban J connectivity index is 2.07. The zero-order valence-electron chi connectivity index (χ0n) is 10.9. The minimum atomic E-state index is -0.465. The van der Waals surface area contributed by atoms with E-state index in [9.17, 15) is 4.79 Å². The van der Waals surface area contributed by atoms with Crippen LogP contribution in [0.5, 0.6) is 0 Å². The highest BCUT2D eigenvalue weighted by Gasteiger charge is 2.38. The van der Waals surface area contributed by atoms with E-state index in [1.807, 2.05) is 38.1 Å². The molecule has 96 valence electrons. The van der Waals surface area contributed by atoms with E-state index in [0.29, 0.717) is 5.82 Å². The Bertz CT molecular complexity index is 660. The summed E-state index contributed by atoms with van der Waals surface area (Å²) in [6, 6.07) is 9.68. The molecule has 1 aromatic heterocycles. The van der Waals surface area contributed by atoms with Gasteiger partial charge in [0.25, 0.3) is 0 Å². The van der Waals surface area contributed by atoms with Gasteiger partial charge in [-0.05, 0) is 43.2 Å². The van der Waals surface area contributed by atoms with Gasteiger partial charge in [0, 0.05) is 17.4 Å². The Labute approximate surface area is 111 Å². The van der Waals surface area contributed by atoms with E-state index in [0.717, 1.165) is 22.4 Å². The van der Waals surface area contributed by atoms with Gasteiger partial charge in [-0.25, -0.2) is 4.98 Å². The quantitative estimate of drug-likeness (QED) is 0.820. The van der Waals surface area contributed by atoms with Gasteiger partial charge in [0.15, 0.2) is 0 Å². The van der Waals surface area contributed by atoms with Crippen molar-refractivity contribution in [2.75, 3.05) is 11.1 Å². The molecule has 0 fully saturated rings. The van der Waals surface area contributed by atoms with Crippen molar-refractivity contribution in [3.8, 4) is 11.1 Å². The zero-order valence-corrected chi connectivity index (χ0v) is 10.9. The highest BCUT2D eigenvalue weighted by Crippen LogP contribution is 2.39. The van der Waals surface area contributed by atoms with Gasteiger partial charge in [-0.15, -0.1) is 0 Å². The van der Waals surface area contributed by atoms with E-state index in [4.69, 9.17) is 5.73 Å². The van der Waals surface area contributed by atoms with E-state index in [2.05, 4.69) is 10.3 Å². The molecule has 1 aromatic carbocycles. The van der Waals surface area contributed by atoms with E-state index in [-0.39, 0.29) is 5.91 Å². The van der Waals surface area contributed by atoms with Crippen LogP contribution >= 0.6 is 0 Å². The molecule has 4 nitrogen and oxygen atoms in total. The molecular formula is C15H15N3O. The Morgan fingerprint density at radius 3 is 2.58 bits per heavy atom. The SMILES string of the molecule is CC1(C)C(=O)Nc2cc(-c3ccc(N)nc3)ccc21. The fraction of sp³-hybridized carbons (Fsp3) is 0.200. The number of pyridine rings is 1. The first-order valence-corrected chi connectivity index (χ1v) is 6.16. The largest absolute Gasteiger partial charge is 0.384 e. The molecule has 0 saturated carbocycles. The molecule has 0 unspecified atom stereocenters. The first-order chi connectivity index (χ1) is 8.98. The molecule has 0 atom stereocenters. The number of rotatable bonds is 1. The number of hydrogen-bond donors (Lipinski definition) is 2. The number of anilines is 2. The van der Waals surface area contributed by atoms with Crippen LogP contribution in [0.2, 0.25) is 0 Å². The summed E-state index contributed by atoms with van der Waals surface area (Å²) in [4.78, 5) is 16.0. The molecule has 1 aliphatic heterocycles. The van der Waals surface area contributed by atoms with Crippen LogP contribution in [0.25, 0.3) is 11.1 Å². The van der Waals surface area contributed by atoms with Crippen molar-refractivity contribution in [1.29, 1.82) is 0 Å². The molecule has 3 rings (SSSR count). The summed E-state index contributed by atoms with van der Waals surface area (Å²) >= 11 is 0. The molecule has 3 N–H and O–H groups in total. The fourth-order valence-corrected chi connectivity index (χ4v) is 2.35. The number of amides is 1. The minimum absolute atomic E-state index is 0.0371.